The first kappa shape index (κ1) is 22.4. The molecule has 0 aromatic rings. The SMILES string of the molecule is CC1(C)CC[C@]23CC[C@@]4(C)[C@]5(C)CC[C@H]6C(C)(C)C(=O)CC[C@@]6(C)[C@@H]5C=C[C@@]4(OC2=O)[C@@H]3C1. The third kappa shape index (κ3) is 2.25. The second kappa shape index (κ2) is 5.98. The molecule has 0 N–H and O–H groups in total. The third-order valence-corrected chi connectivity index (χ3v) is 13.2. The fourth-order valence-electron chi connectivity index (χ4n) is 10.9. The number of esters is 1. The standard InChI is InChI=1S/C30H44O3/c1-24(2)14-16-29-17-15-28(7)27(6)12-8-19-25(3,4)22(31)10-11-26(19,5)20(27)9-13-30(28,21(29)18-24)33-23(29)32/h9,13,19-21H,8,10-12,14-18H2,1-7H3/t19-,20-,21+,26+,27+,28-,29+,30+/m0/s1. The minimum atomic E-state index is -0.464. The van der Waals surface area contributed by atoms with Crippen LogP contribution in [0.1, 0.15) is 106 Å². The van der Waals surface area contributed by atoms with Crippen LogP contribution in [0.3, 0.4) is 0 Å². The van der Waals surface area contributed by atoms with Crippen LogP contribution in [0.2, 0.25) is 0 Å². The van der Waals surface area contributed by atoms with Gasteiger partial charge in [-0.2, -0.15) is 0 Å². The quantitative estimate of drug-likeness (QED) is 0.297. The molecular weight excluding hydrogens is 408 g/mol. The summed E-state index contributed by atoms with van der Waals surface area (Å²) in [6.07, 6.45) is 14.1. The van der Waals surface area contributed by atoms with Gasteiger partial charge >= 0.3 is 5.97 Å². The highest BCUT2D eigenvalue weighted by Gasteiger charge is 2.79. The molecule has 0 radical (unpaired) electrons. The number of ketones is 1. The second-order valence-corrected chi connectivity index (χ2v) is 15.1. The molecule has 182 valence electrons. The molecule has 1 heterocycles. The van der Waals surface area contributed by atoms with Gasteiger partial charge in [0, 0.05) is 23.2 Å². The number of Topliss-reactive ketones (excluding diaryl/α,β-unsaturated/α-hetero) is 1. The first-order valence-corrected chi connectivity index (χ1v) is 13.6. The zero-order chi connectivity index (χ0) is 23.9. The maximum Gasteiger partial charge on any atom is 0.313 e. The van der Waals surface area contributed by atoms with E-state index in [1.807, 2.05) is 0 Å². The van der Waals surface area contributed by atoms with Crippen molar-refractivity contribution in [3.8, 4) is 0 Å². The molecule has 3 heteroatoms. The summed E-state index contributed by atoms with van der Waals surface area (Å²) in [6, 6.07) is 0. The van der Waals surface area contributed by atoms with Crippen LogP contribution in [0.15, 0.2) is 12.2 Å². The normalized spacial score (nSPS) is 55.7. The van der Waals surface area contributed by atoms with Crippen LogP contribution in [-0.4, -0.2) is 17.4 Å². The Kier molecular flexibility index (Phi) is 4.05. The topological polar surface area (TPSA) is 43.4 Å². The number of carbonyl (C=O) groups is 2. The van der Waals surface area contributed by atoms with E-state index in [1.54, 1.807) is 0 Å². The fraction of sp³-hybridized carbons (Fsp3) is 0.867. The number of hydrogen-bond acceptors (Lipinski definition) is 3. The van der Waals surface area contributed by atoms with E-state index in [9.17, 15) is 9.59 Å². The smallest absolute Gasteiger partial charge is 0.313 e. The summed E-state index contributed by atoms with van der Waals surface area (Å²) in [5.74, 6) is 1.70. The molecule has 33 heavy (non-hydrogen) atoms. The Morgan fingerprint density at radius 1 is 0.848 bits per heavy atom. The minimum Gasteiger partial charge on any atom is -0.453 e. The number of rotatable bonds is 0. The average Bonchev–Trinajstić information content (AvgIpc) is 2.89. The van der Waals surface area contributed by atoms with E-state index in [0.29, 0.717) is 30.0 Å². The summed E-state index contributed by atoms with van der Waals surface area (Å²) in [6.45, 7) is 16.7. The molecule has 2 bridgehead atoms. The zero-order valence-corrected chi connectivity index (χ0v) is 22.0. The van der Waals surface area contributed by atoms with Crippen LogP contribution in [0.25, 0.3) is 0 Å². The van der Waals surface area contributed by atoms with Gasteiger partial charge in [0.25, 0.3) is 0 Å². The number of fused-ring (bicyclic) bond motifs is 4. The predicted octanol–water partition coefficient (Wildman–Crippen LogP) is 6.89. The lowest BCUT2D eigenvalue weighted by Crippen LogP contribution is -2.70. The van der Waals surface area contributed by atoms with Gasteiger partial charge in [0.2, 0.25) is 0 Å². The number of hydrogen-bond donors (Lipinski definition) is 0. The van der Waals surface area contributed by atoms with E-state index in [0.717, 1.165) is 51.4 Å². The molecule has 1 spiro atoms. The van der Waals surface area contributed by atoms with Crippen LogP contribution < -0.4 is 0 Å². The molecule has 6 aliphatic rings. The van der Waals surface area contributed by atoms with Gasteiger partial charge in [-0.1, -0.05) is 54.5 Å². The average molecular weight is 453 g/mol. The first-order valence-electron chi connectivity index (χ1n) is 13.6. The van der Waals surface area contributed by atoms with Crippen molar-refractivity contribution in [2.45, 2.75) is 112 Å². The van der Waals surface area contributed by atoms with Crippen LogP contribution in [0.4, 0.5) is 0 Å². The summed E-state index contributed by atoms with van der Waals surface area (Å²) in [5, 5.41) is 0. The second-order valence-electron chi connectivity index (χ2n) is 15.1. The Morgan fingerprint density at radius 3 is 2.27 bits per heavy atom. The Morgan fingerprint density at radius 2 is 1.55 bits per heavy atom. The number of carbonyl (C=O) groups excluding carboxylic acids is 2. The minimum absolute atomic E-state index is 0.0628. The van der Waals surface area contributed by atoms with Crippen molar-refractivity contribution in [2.75, 3.05) is 0 Å². The van der Waals surface area contributed by atoms with Crippen molar-refractivity contribution in [3.63, 3.8) is 0 Å². The van der Waals surface area contributed by atoms with E-state index >= 15 is 0 Å². The summed E-state index contributed by atoms with van der Waals surface area (Å²) in [7, 11) is 0. The van der Waals surface area contributed by atoms with Gasteiger partial charge in [0.1, 0.15) is 11.4 Å². The van der Waals surface area contributed by atoms with Gasteiger partial charge in [-0.05, 0) is 85.5 Å². The lowest BCUT2D eigenvalue weighted by atomic mass is 9.32. The van der Waals surface area contributed by atoms with Crippen molar-refractivity contribution < 1.29 is 14.3 Å². The molecule has 5 aliphatic carbocycles. The summed E-state index contributed by atoms with van der Waals surface area (Å²) in [5.41, 5.74) is -0.579. The van der Waals surface area contributed by atoms with E-state index < -0.39 is 5.60 Å². The fourth-order valence-corrected chi connectivity index (χ4v) is 10.9. The van der Waals surface area contributed by atoms with Crippen LogP contribution in [-0.2, 0) is 14.3 Å². The van der Waals surface area contributed by atoms with Gasteiger partial charge in [-0.25, -0.2) is 0 Å². The van der Waals surface area contributed by atoms with Crippen molar-refractivity contribution in [3.05, 3.63) is 12.2 Å². The predicted molar refractivity (Wildman–Crippen MR) is 129 cm³/mol. The molecule has 0 amide bonds. The van der Waals surface area contributed by atoms with Gasteiger partial charge < -0.3 is 4.74 Å². The first-order chi connectivity index (χ1) is 15.2. The molecule has 4 saturated carbocycles. The molecule has 1 aliphatic heterocycles. The van der Waals surface area contributed by atoms with Crippen molar-refractivity contribution >= 4 is 11.8 Å². The molecule has 0 unspecified atom stereocenters. The lowest BCUT2D eigenvalue weighted by molar-refractivity contribution is -0.231. The highest BCUT2D eigenvalue weighted by atomic mass is 16.6. The van der Waals surface area contributed by atoms with E-state index in [4.69, 9.17) is 4.74 Å². The van der Waals surface area contributed by atoms with Crippen LogP contribution >= 0.6 is 0 Å². The van der Waals surface area contributed by atoms with Gasteiger partial charge in [-0.3, -0.25) is 9.59 Å². The number of ether oxygens (including phenoxy) is 1. The van der Waals surface area contributed by atoms with Gasteiger partial charge in [0.15, 0.2) is 0 Å². The van der Waals surface area contributed by atoms with Crippen LogP contribution in [0, 0.1) is 50.2 Å². The summed E-state index contributed by atoms with van der Waals surface area (Å²) < 4.78 is 6.67. The summed E-state index contributed by atoms with van der Waals surface area (Å²) in [4.78, 5) is 26.5. The Balaban J connectivity index is 1.51. The number of allylic oxidation sites excluding steroid dienone is 1. The van der Waals surface area contributed by atoms with Crippen molar-refractivity contribution in [1.29, 1.82) is 0 Å². The molecule has 6 rings (SSSR count). The van der Waals surface area contributed by atoms with E-state index in [2.05, 4.69) is 60.6 Å². The molecule has 8 atom stereocenters. The van der Waals surface area contributed by atoms with E-state index in [-0.39, 0.29) is 38.5 Å². The van der Waals surface area contributed by atoms with Crippen LogP contribution in [0.5, 0.6) is 0 Å². The van der Waals surface area contributed by atoms with Gasteiger partial charge in [0.05, 0.1) is 5.41 Å². The lowest BCUT2D eigenvalue weighted by Gasteiger charge is -2.71. The highest BCUT2D eigenvalue weighted by molar-refractivity contribution is 5.85. The van der Waals surface area contributed by atoms with Gasteiger partial charge in [-0.15, -0.1) is 0 Å². The maximum atomic E-state index is 13.6. The molecule has 0 aromatic heterocycles. The van der Waals surface area contributed by atoms with Crippen molar-refractivity contribution in [2.24, 2.45) is 50.2 Å². The maximum absolute atomic E-state index is 13.6. The molecule has 5 fully saturated rings. The highest BCUT2D eigenvalue weighted by Crippen LogP contribution is 2.79. The molecular formula is C30H44O3. The monoisotopic (exact) mass is 452 g/mol. The molecule has 3 nitrogen and oxygen atoms in total. The summed E-state index contributed by atoms with van der Waals surface area (Å²) >= 11 is 0. The molecule has 0 aromatic carbocycles. The Hall–Kier alpha value is -1.12. The Bertz CT molecular complexity index is 975. The third-order valence-electron chi connectivity index (χ3n) is 13.2. The van der Waals surface area contributed by atoms with Crippen molar-refractivity contribution in [1.82, 2.24) is 0 Å². The molecule has 1 saturated heterocycles. The largest absolute Gasteiger partial charge is 0.453 e. The Labute approximate surface area is 200 Å². The zero-order valence-electron chi connectivity index (χ0n) is 22.0. The van der Waals surface area contributed by atoms with E-state index in [1.165, 1.54) is 0 Å².